The van der Waals surface area contributed by atoms with Crippen LogP contribution in [0.25, 0.3) is 0 Å². The molecule has 0 aromatic carbocycles. The van der Waals surface area contributed by atoms with Gasteiger partial charge in [-0.1, -0.05) is 0 Å². The molecule has 0 unspecified atom stereocenters. The Morgan fingerprint density at radius 3 is 2.36 bits per heavy atom. The third-order valence-corrected chi connectivity index (χ3v) is 4.72. The second-order valence-electron chi connectivity index (χ2n) is 7.91. The van der Waals surface area contributed by atoms with Gasteiger partial charge in [-0.2, -0.15) is 0 Å². The number of aromatic nitrogens is 2. The van der Waals surface area contributed by atoms with E-state index in [9.17, 15) is 9.59 Å². The van der Waals surface area contributed by atoms with E-state index in [2.05, 4.69) is 9.97 Å². The van der Waals surface area contributed by atoms with Crippen molar-refractivity contribution in [1.29, 1.82) is 0 Å². The van der Waals surface area contributed by atoms with Gasteiger partial charge in [-0.15, -0.1) is 0 Å². The average Bonchev–Trinajstić information content (AvgIpc) is 2.51. The molecule has 2 amide bonds. The molecule has 8 heteroatoms. The first kappa shape index (κ1) is 17.9. The molecular weight excluding hydrogens is 344 g/mol. The van der Waals surface area contributed by atoms with Gasteiger partial charge in [-0.3, -0.25) is 4.79 Å². The van der Waals surface area contributed by atoms with Crippen LogP contribution in [0.1, 0.15) is 44.0 Å². The molecule has 0 bridgehead atoms. The van der Waals surface area contributed by atoms with Crippen molar-refractivity contribution in [3.8, 4) is 0 Å². The smallest absolute Gasteiger partial charge is 0.410 e. The Kier molecular flexibility index (Phi) is 4.62. The van der Waals surface area contributed by atoms with E-state index in [1.165, 1.54) is 12.4 Å². The number of halogens is 1. The first-order chi connectivity index (χ1) is 11.7. The lowest BCUT2D eigenvalue weighted by molar-refractivity contribution is -0.0474. The fourth-order valence-electron chi connectivity index (χ4n) is 3.46. The van der Waals surface area contributed by atoms with Gasteiger partial charge < -0.3 is 14.5 Å². The number of ether oxygens (including phenoxy) is 1. The lowest BCUT2D eigenvalue weighted by Gasteiger charge is -2.54. The SMILES string of the molecule is CC(C)(C)OC(=O)N1CCCC2(C1)CN(C(=O)c1cnc(Cl)nc1)C2. The monoisotopic (exact) mass is 366 g/mol. The minimum Gasteiger partial charge on any atom is -0.444 e. The molecule has 2 aliphatic heterocycles. The van der Waals surface area contributed by atoms with Gasteiger partial charge in [0.2, 0.25) is 5.28 Å². The molecule has 2 saturated heterocycles. The van der Waals surface area contributed by atoms with Crippen molar-refractivity contribution in [3.05, 3.63) is 23.2 Å². The van der Waals surface area contributed by atoms with E-state index < -0.39 is 5.60 Å². The molecule has 1 spiro atoms. The van der Waals surface area contributed by atoms with E-state index >= 15 is 0 Å². The highest BCUT2D eigenvalue weighted by Gasteiger charge is 2.48. The fourth-order valence-corrected chi connectivity index (χ4v) is 3.56. The second kappa shape index (κ2) is 6.44. The van der Waals surface area contributed by atoms with E-state index in [4.69, 9.17) is 16.3 Å². The molecule has 2 fully saturated rings. The molecule has 3 rings (SSSR count). The number of hydrogen-bond acceptors (Lipinski definition) is 5. The summed E-state index contributed by atoms with van der Waals surface area (Å²) in [7, 11) is 0. The van der Waals surface area contributed by atoms with Crippen molar-refractivity contribution in [2.24, 2.45) is 5.41 Å². The highest BCUT2D eigenvalue weighted by atomic mass is 35.5. The normalized spacial score (nSPS) is 19.5. The largest absolute Gasteiger partial charge is 0.444 e. The molecular formula is C17H23ClN4O3. The number of likely N-dealkylation sites (tertiary alicyclic amines) is 2. The maximum atomic E-state index is 12.5. The first-order valence-electron chi connectivity index (χ1n) is 8.42. The van der Waals surface area contributed by atoms with Crippen LogP contribution in [0.2, 0.25) is 5.28 Å². The van der Waals surface area contributed by atoms with Gasteiger partial charge in [0.1, 0.15) is 5.60 Å². The Morgan fingerprint density at radius 2 is 1.76 bits per heavy atom. The van der Waals surface area contributed by atoms with Crippen LogP contribution < -0.4 is 0 Å². The number of carbonyl (C=O) groups is 2. The maximum absolute atomic E-state index is 12.5. The molecule has 0 N–H and O–H groups in total. The van der Waals surface area contributed by atoms with Crippen LogP contribution in [0.5, 0.6) is 0 Å². The predicted molar refractivity (Wildman–Crippen MR) is 92.4 cm³/mol. The summed E-state index contributed by atoms with van der Waals surface area (Å²) in [4.78, 5) is 36.0. The number of piperidine rings is 1. The summed E-state index contributed by atoms with van der Waals surface area (Å²) < 4.78 is 5.47. The number of carbonyl (C=O) groups excluding carboxylic acids is 2. The van der Waals surface area contributed by atoms with E-state index in [1.807, 2.05) is 20.8 Å². The van der Waals surface area contributed by atoms with Crippen molar-refractivity contribution in [2.75, 3.05) is 26.2 Å². The molecule has 3 heterocycles. The quantitative estimate of drug-likeness (QED) is 0.714. The summed E-state index contributed by atoms with van der Waals surface area (Å²) in [5.74, 6) is -0.100. The summed E-state index contributed by atoms with van der Waals surface area (Å²) in [5.41, 5.74) is -0.102. The summed E-state index contributed by atoms with van der Waals surface area (Å²) in [6, 6.07) is 0. The zero-order chi connectivity index (χ0) is 18.2. The van der Waals surface area contributed by atoms with Gasteiger partial charge in [0, 0.05) is 44.0 Å². The topological polar surface area (TPSA) is 75.6 Å². The predicted octanol–water partition coefficient (Wildman–Crippen LogP) is 2.60. The number of amides is 2. The van der Waals surface area contributed by atoms with E-state index in [-0.39, 0.29) is 22.7 Å². The highest BCUT2D eigenvalue weighted by molar-refractivity contribution is 6.28. The van der Waals surface area contributed by atoms with E-state index in [1.54, 1.807) is 9.80 Å². The minimum absolute atomic E-state index is 0.0297. The van der Waals surface area contributed by atoms with Crippen LogP contribution in [-0.2, 0) is 4.74 Å². The average molecular weight is 367 g/mol. The minimum atomic E-state index is -0.502. The Balaban J connectivity index is 1.59. The molecule has 0 atom stereocenters. The summed E-state index contributed by atoms with van der Waals surface area (Å²) in [6.07, 6.45) is 4.54. The van der Waals surface area contributed by atoms with Gasteiger partial charge >= 0.3 is 6.09 Å². The molecule has 0 aliphatic carbocycles. The lowest BCUT2D eigenvalue weighted by atomic mass is 9.73. The summed E-state index contributed by atoms with van der Waals surface area (Å²) in [5, 5.41) is 0.122. The van der Waals surface area contributed by atoms with Crippen molar-refractivity contribution < 1.29 is 14.3 Å². The zero-order valence-corrected chi connectivity index (χ0v) is 15.5. The van der Waals surface area contributed by atoms with E-state index in [0.717, 1.165) is 12.8 Å². The van der Waals surface area contributed by atoms with Crippen molar-refractivity contribution in [3.63, 3.8) is 0 Å². The van der Waals surface area contributed by atoms with Gasteiger partial charge in [0.05, 0.1) is 5.56 Å². The van der Waals surface area contributed by atoms with Crippen LogP contribution in [0.3, 0.4) is 0 Å². The summed E-state index contributed by atoms with van der Waals surface area (Å²) in [6.45, 7) is 8.19. The van der Waals surface area contributed by atoms with Crippen LogP contribution in [0, 0.1) is 5.41 Å². The molecule has 7 nitrogen and oxygen atoms in total. The highest BCUT2D eigenvalue weighted by Crippen LogP contribution is 2.40. The Morgan fingerprint density at radius 1 is 1.16 bits per heavy atom. The maximum Gasteiger partial charge on any atom is 0.410 e. The Labute approximate surface area is 152 Å². The van der Waals surface area contributed by atoms with Crippen molar-refractivity contribution >= 4 is 23.6 Å². The molecule has 136 valence electrons. The van der Waals surface area contributed by atoms with Crippen LogP contribution in [0.4, 0.5) is 4.79 Å². The van der Waals surface area contributed by atoms with Gasteiger partial charge in [-0.25, -0.2) is 14.8 Å². The van der Waals surface area contributed by atoms with Gasteiger partial charge in [0.25, 0.3) is 5.91 Å². The van der Waals surface area contributed by atoms with Crippen molar-refractivity contribution in [2.45, 2.75) is 39.2 Å². The number of rotatable bonds is 1. The van der Waals surface area contributed by atoms with E-state index in [0.29, 0.717) is 31.7 Å². The molecule has 0 saturated carbocycles. The molecule has 1 aromatic rings. The second-order valence-corrected chi connectivity index (χ2v) is 8.25. The molecule has 1 aromatic heterocycles. The Bertz CT molecular complexity index is 665. The number of hydrogen-bond donors (Lipinski definition) is 0. The third-order valence-electron chi connectivity index (χ3n) is 4.52. The van der Waals surface area contributed by atoms with Crippen molar-refractivity contribution in [1.82, 2.24) is 19.8 Å². The lowest BCUT2D eigenvalue weighted by Crippen LogP contribution is -2.65. The summed E-state index contributed by atoms with van der Waals surface area (Å²) >= 11 is 5.66. The third kappa shape index (κ3) is 4.03. The molecule has 0 radical (unpaired) electrons. The van der Waals surface area contributed by atoms with Crippen LogP contribution in [-0.4, -0.2) is 63.5 Å². The molecule has 25 heavy (non-hydrogen) atoms. The van der Waals surface area contributed by atoms with Gasteiger partial charge in [0.15, 0.2) is 0 Å². The van der Waals surface area contributed by atoms with Crippen LogP contribution in [0.15, 0.2) is 12.4 Å². The standard InChI is InChI=1S/C17H23ClN4O3/c1-16(2,3)25-15(24)21-6-4-5-17(9-21)10-22(11-17)13(23)12-7-19-14(18)20-8-12/h7-8H,4-6,9-11H2,1-3H3. The van der Waals surface area contributed by atoms with Crippen LogP contribution >= 0.6 is 11.6 Å². The Hall–Kier alpha value is -1.89. The van der Waals surface area contributed by atoms with Gasteiger partial charge in [-0.05, 0) is 45.2 Å². The number of nitrogens with zero attached hydrogens (tertiary/aromatic N) is 4. The fraction of sp³-hybridized carbons (Fsp3) is 0.647. The first-order valence-corrected chi connectivity index (χ1v) is 8.80. The zero-order valence-electron chi connectivity index (χ0n) is 14.8. The molecule has 2 aliphatic rings.